The van der Waals surface area contributed by atoms with Crippen molar-refractivity contribution in [3.63, 3.8) is 0 Å². The number of carbonyl (C=O) groups is 3. The Balaban J connectivity index is 1.25. The van der Waals surface area contributed by atoms with Gasteiger partial charge in [0, 0.05) is 31.8 Å². The second-order valence-corrected chi connectivity index (χ2v) is 9.57. The van der Waals surface area contributed by atoms with Gasteiger partial charge in [0.2, 0.25) is 0 Å². The van der Waals surface area contributed by atoms with E-state index in [4.69, 9.17) is 5.73 Å². The van der Waals surface area contributed by atoms with E-state index in [2.05, 4.69) is 26.0 Å². The maximum absolute atomic E-state index is 13.2. The average molecular weight is 568 g/mol. The number of anilines is 2. The summed E-state index contributed by atoms with van der Waals surface area (Å²) >= 11 is 0. The highest BCUT2D eigenvalue weighted by atomic mass is 16.4. The first-order valence-electron chi connectivity index (χ1n) is 12.8. The highest BCUT2D eigenvalue weighted by molar-refractivity contribution is 5.98. The first-order chi connectivity index (χ1) is 20.1. The first-order valence-corrected chi connectivity index (χ1v) is 12.8. The van der Waals surface area contributed by atoms with Gasteiger partial charge in [-0.05, 0) is 35.2 Å². The molecular weight excluding hydrogens is 542 g/mol. The van der Waals surface area contributed by atoms with E-state index in [0.717, 1.165) is 11.1 Å². The second kappa shape index (κ2) is 11.3. The van der Waals surface area contributed by atoms with Gasteiger partial charge in [-0.3, -0.25) is 19.2 Å². The van der Waals surface area contributed by atoms with Gasteiger partial charge < -0.3 is 26.8 Å². The number of nitrogens with one attached hydrogen (secondary N) is 3. The molecule has 3 aromatic carbocycles. The first kappa shape index (κ1) is 27.7. The van der Waals surface area contributed by atoms with Crippen LogP contribution < -0.4 is 32.5 Å². The summed E-state index contributed by atoms with van der Waals surface area (Å²) in [6, 6.07) is 15.0. The molecule has 0 aliphatic heterocycles. The number of carboxylic acid groups (broad SMARTS) is 1. The van der Waals surface area contributed by atoms with Crippen LogP contribution in [0.15, 0.2) is 70.4 Å². The summed E-state index contributed by atoms with van der Waals surface area (Å²) in [4.78, 5) is 64.6. The van der Waals surface area contributed by atoms with E-state index in [1.54, 1.807) is 31.2 Å². The van der Waals surface area contributed by atoms with Crippen molar-refractivity contribution in [2.45, 2.75) is 26.6 Å². The predicted molar refractivity (Wildman–Crippen MR) is 153 cm³/mol. The van der Waals surface area contributed by atoms with Crippen LogP contribution in [0.3, 0.4) is 0 Å². The van der Waals surface area contributed by atoms with E-state index < -0.39 is 28.6 Å². The van der Waals surface area contributed by atoms with E-state index in [9.17, 15) is 29.1 Å². The lowest BCUT2D eigenvalue weighted by Crippen LogP contribution is -2.36. The molecule has 13 nitrogen and oxygen atoms in total. The number of aryl methyl sites for hydroxylation is 1. The monoisotopic (exact) mass is 567 g/mol. The number of amides is 2. The van der Waals surface area contributed by atoms with Gasteiger partial charge in [-0.25, -0.2) is 14.3 Å². The van der Waals surface area contributed by atoms with Crippen molar-refractivity contribution in [2.24, 2.45) is 0 Å². The number of aromatic nitrogens is 3. The Morgan fingerprint density at radius 3 is 2.26 bits per heavy atom. The standard InChI is InChI=1S/C29H25N7O6/c1-15-9-18(5-6-19(15)29(41)42)14-32-27(39)20-11-21(36-22(35-20)7-8-34-36)28(40)33-13-17-4-2-3-16(10-17)12-31-24-23(30)25(37)26(24)38/h2-11,31H,12-14,30H2,1H3,(H,32,39)(H,33,40)(H,41,42). The minimum absolute atomic E-state index is 0.0118. The lowest BCUT2D eigenvalue weighted by atomic mass is 10.1. The molecule has 5 rings (SSSR count). The summed E-state index contributed by atoms with van der Waals surface area (Å²) in [6.07, 6.45) is 1.46. The third-order valence-electron chi connectivity index (χ3n) is 6.66. The zero-order valence-corrected chi connectivity index (χ0v) is 22.3. The zero-order chi connectivity index (χ0) is 30.0. The van der Waals surface area contributed by atoms with Crippen LogP contribution in [0.5, 0.6) is 0 Å². The lowest BCUT2D eigenvalue weighted by molar-refractivity contribution is 0.0695. The fourth-order valence-corrected chi connectivity index (χ4v) is 4.44. The molecule has 0 fully saturated rings. The molecular formula is C29H25N7O6. The summed E-state index contributed by atoms with van der Waals surface area (Å²) in [6.45, 7) is 2.23. The smallest absolute Gasteiger partial charge is 0.335 e. The van der Waals surface area contributed by atoms with Gasteiger partial charge in [0.05, 0.1) is 11.8 Å². The lowest BCUT2D eigenvalue weighted by Gasteiger charge is -2.12. The van der Waals surface area contributed by atoms with Gasteiger partial charge in [0.15, 0.2) is 5.65 Å². The van der Waals surface area contributed by atoms with Gasteiger partial charge >= 0.3 is 5.97 Å². The maximum Gasteiger partial charge on any atom is 0.335 e. The van der Waals surface area contributed by atoms with Crippen LogP contribution in [-0.2, 0) is 19.6 Å². The number of benzene rings is 2. The Labute approximate surface area is 237 Å². The fraction of sp³-hybridized carbons (Fsp3) is 0.138. The molecule has 2 amide bonds. The number of hydrogen-bond acceptors (Lipinski definition) is 9. The van der Waals surface area contributed by atoms with Crippen molar-refractivity contribution in [3.05, 3.63) is 120 Å². The Morgan fingerprint density at radius 2 is 1.57 bits per heavy atom. The molecule has 42 heavy (non-hydrogen) atoms. The Hall–Kier alpha value is -5.85. The normalized spacial score (nSPS) is 11.0. The largest absolute Gasteiger partial charge is 0.478 e. The van der Waals surface area contributed by atoms with Gasteiger partial charge in [-0.1, -0.05) is 36.4 Å². The number of aromatic carboxylic acids is 1. The Morgan fingerprint density at radius 1 is 0.881 bits per heavy atom. The van der Waals surface area contributed by atoms with Gasteiger partial charge in [-0.15, -0.1) is 0 Å². The molecule has 0 bridgehead atoms. The summed E-state index contributed by atoms with van der Waals surface area (Å²) in [7, 11) is 0. The van der Waals surface area contributed by atoms with Gasteiger partial charge in [-0.2, -0.15) is 5.10 Å². The Bertz CT molecular complexity index is 1940. The van der Waals surface area contributed by atoms with Crippen molar-refractivity contribution >= 4 is 34.8 Å². The molecule has 0 saturated carbocycles. The van der Waals surface area contributed by atoms with Crippen LogP contribution in [-0.4, -0.2) is 37.5 Å². The van der Waals surface area contributed by atoms with Gasteiger partial charge in [0.1, 0.15) is 22.8 Å². The number of rotatable bonds is 10. The van der Waals surface area contributed by atoms with Crippen LogP contribution in [0.4, 0.5) is 11.4 Å². The molecule has 212 valence electrons. The van der Waals surface area contributed by atoms with Crippen molar-refractivity contribution in [3.8, 4) is 0 Å². The molecule has 0 aliphatic rings. The highest BCUT2D eigenvalue weighted by Crippen LogP contribution is 2.14. The number of nitrogens with two attached hydrogens (primary N) is 1. The van der Waals surface area contributed by atoms with Crippen LogP contribution in [0, 0.1) is 6.92 Å². The predicted octanol–water partition coefficient (Wildman–Crippen LogP) is 1.39. The van der Waals surface area contributed by atoms with Crippen LogP contribution in [0.25, 0.3) is 5.65 Å². The van der Waals surface area contributed by atoms with Crippen LogP contribution >= 0.6 is 0 Å². The molecule has 2 heterocycles. The summed E-state index contributed by atoms with van der Waals surface area (Å²) in [5, 5.41) is 21.8. The van der Waals surface area contributed by atoms with E-state index in [1.165, 1.54) is 22.8 Å². The minimum atomic E-state index is -1.03. The summed E-state index contributed by atoms with van der Waals surface area (Å²) in [5.41, 5.74) is 7.70. The molecule has 0 saturated heterocycles. The maximum atomic E-state index is 13.2. The summed E-state index contributed by atoms with van der Waals surface area (Å²) < 4.78 is 1.33. The zero-order valence-electron chi connectivity index (χ0n) is 22.3. The Kier molecular flexibility index (Phi) is 7.47. The molecule has 0 unspecified atom stereocenters. The third kappa shape index (κ3) is 5.56. The van der Waals surface area contributed by atoms with E-state index in [-0.39, 0.29) is 48.0 Å². The van der Waals surface area contributed by atoms with E-state index in [1.807, 2.05) is 18.2 Å². The van der Waals surface area contributed by atoms with Crippen molar-refractivity contribution < 1.29 is 19.5 Å². The number of carbonyl (C=O) groups excluding carboxylic acids is 2. The molecule has 2 aromatic heterocycles. The number of hydrogen-bond donors (Lipinski definition) is 5. The van der Waals surface area contributed by atoms with E-state index >= 15 is 0 Å². The molecule has 0 radical (unpaired) electrons. The van der Waals surface area contributed by atoms with E-state index in [0.29, 0.717) is 16.8 Å². The molecule has 13 heteroatoms. The fourth-order valence-electron chi connectivity index (χ4n) is 4.44. The number of carboxylic acids is 1. The van der Waals surface area contributed by atoms with Gasteiger partial charge in [0.25, 0.3) is 22.7 Å². The highest BCUT2D eigenvalue weighted by Gasteiger charge is 2.19. The third-order valence-corrected chi connectivity index (χ3v) is 6.66. The van der Waals surface area contributed by atoms with Crippen molar-refractivity contribution in [2.75, 3.05) is 11.1 Å². The molecule has 0 spiro atoms. The average Bonchev–Trinajstić information content (AvgIpc) is 3.47. The summed E-state index contributed by atoms with van der Waals surface area (Å²) in [5.74, 6) is -2.03. The molecule has 0 aliphatic carbocycles. The number of nitrogens with zero attached hydrogens (tertiary/aromatic N) is 3. The quantitative estimate of drug-likeness (QED) is 0.154. The molecule has 0 atom stereocenters. The molecule has 5 aromatic rings. The van der Waals surface area contributed by atoms with Crippen molar-refractivity contribution in [1.29, 1.82) is 0 Å². The minimum Gasteiger partial charge on any atom is -0.478 e. The SMILES string of the molecule is Cc1cc(CNC(=O)c2cc(C(=O)NCc3cccc(CNc4c(N)c(=O)c4=O)c3)n3nccc3n2)ccc1C(=O)O. The second-order valence-electron chi connectivity index (χ2n) is 9.57. The number of fused-ring (bicyclic) bond motifs is 1. The van der Waals surface area contributed by atoms with Crippen LogP contribution in [0.1, 0.15) is 53.6 Å². The van der Waals surface area contributed by atoms with Crippen molar-refractivity contribution in [1.82, 2.24) is 25.2 Å². The number of nitrogen functional groups attached to an aromatic ring is 1. The topological polar surface area (TPSA) is 198 Å². The molecule has 6 N–H and O–H groups in total. The van der Waals surface area contributed by atoms with Crippen LogP contribution in [0.2, 0.25) is 0 Å².